The molecule has 0 aliphatic carbocycles. The number of hydrogen-bond donors (Lipinski definition) is 1. The average molecular weight is 341 g/mol. The fourth-order valence-electron chi connectivity index (χ4n) is 2.84. The number of amides is 1. The van der Waals surface area contributed by atoms with E-state index in [2.05, 4.69) is 12.2 Å². The van der Waals surface area contributed by atoms with Crippen molar-refractivity contribution in [3.63, 3.8) is 0 Å². The van der Waals surface area contributed by atoms with Gasteiger partial charge in [0.1, 0.15) is 5.75 Å². The maximum atomic E-state index is 12.5. The summed E-state index contributed by atoms with van der Waals surface area (Å²) in [6.45, 7) is 5.65. The van der Waals surface area contributed by atoms with Crippen molar-refractivity contribution in [1.29, 1.82) is 0 Å². The number of rotatable bonds is 7. The molecule has 4 nitrogen and oxygen atoms in total. The number of piperidine rings is 1. The lowest BCUT2D eigenvalue weighted by molar-refractivity contribution is 0.0691. The van der Waals surface area contributed by atoms with E-state index in [4.69, 9.17) is 4.74 Å². The molecule has 5 heteroatoms. The Bertz CT molecular complexity index is 457. The summed E-state index contributed by atoms with van der Waals surface area (Å²) in [6, 6.07) is 7.56. The van der Waals surface area contributed by atoms with Gasteiger partial charge in [-0.15, -0.1) is 12.4 Å². The highest BCUT2D eigenvalue weighted by molar-refractivity contribution is 5.94. The summed E-state index contributed by atoms with van der Waals surface area (Å²) in [5.41, 5.74) is 0.759. The van der Waals surface area contributed by atoms with Gasteiger partial charge in [-0.2, -0.15) is 0 Å². The van der Waals surface area contributed by atoms with Crippen molar-refractivity contribution in [2.45, 2.75) is 32.6 Å². The first-order valence-corrected chi connectivity index (χ1v) is 8.41. The van der Waals surface area contributed by atoms with Gasteiger partial charge in [0.15, 0.2) is 0 Å². The lowest BCUT2D eigenvalue weighted by Gasteiger charge is -2.32. The first-order chi connectivity index (χ1) is 10.7. The van der Waals surface area contributed by atoms with Crippen LogP contribution in [0.1, 0.15) is 43.0 Å². The van der Waals surface area contributed by atoms with Gasteiger partial charge in [-0.25, -0.2) is 0 Å². The summed E-state index contributed by atoms with van der Waals surface area (Å²) in [5.74, 6) is 1.68. The van der Waals surface area contributed by atoms with Crippen LogP contribution in [0, 0.1) is 5.92 Å². The van der Waals surface area contributed by atoms with Crippen LogP contribution in [0.4, 0.5) is 0 Å². The Morgan fingerprint density at radius 3 is 2.48 bits per heavy atom. The highest BCUT2D eigenvalue weighted by Crippen LogP contribution is 2.20. The SMILES string of the molecule is CCCCOc1ccc(C(=O)N2CCC(CNC)CC2)cc1.Cl. The molecule has 1 N–H and O–H groups in total. The van der Waals surface area contributed by atoms with Crippen LogP contribution in [0.15, 0.2) is 24.3 Å². The van der Waals surface area contributed by atoms with Gasteiger partial charge in [-0.05, 0) is 63.0 Å². The molecule has 0 bridgehead atoms. The Hall–Kier alpha value is -1.26. The Morgan fingerprint density at radius 2 is 1.91 bits per heavy atom. The van der Waals surface area contributed by atoms with Gasteiger partial charge < -0.3 is 15.0 Å². The zero-order valence-corrected chi connectivity index (χ0v) is 15.0. The van der Waals surface area contributed by atoms with Crippen LogP contribution >= 0.6 is 12.4 Å². The van der Waals surface area contributed by atoms with Crippen molar-refractivity contribution in [2.24, 2.45) is 5.92 Å². The minimum Gasteiger partial charge on any atom is -0.494 e. The molecule has 1 saturated heterocycles. The van der Waals surface area contributed by atoms with Crippen LogP contribution in [-0.2, 0) is 0 Å². The molecule has 1 aromatic carbocycles. The quantitative estimate of drug-likeness (QED) is 0.774. The minimum absolute atomic E-state index is 0. The molecule has 23 heavy (non-hydrogen) atoms. The number of benzene rings is 1. The Morgan fingerprint density at radius 1 is 1.26 bits per heavy atom. The molecule has 0 unspecified atom stereocenters. The van der Waals surface area contributed by atoms with Crippen LogP contribution in [0.3, 0.4) is 0 Å². The van der Waals surface area contributed by atoms with Gasteiger partial charge in [-0.3, -0.25) is 4.79 Å². The number of nitrogens with one attached hydrogen (secondary N) is 1. The van der Waals surface area contributed by atoms with Gasteiger partial charge >= 0.3 is 0 Å². The number of carbonyl (C=O) groups excluding carboxylic acids is 1. The molecule has 1 amide bonds. The van der Waals surface area contributed by atoms with Crippen molar-refractivity contribution in [3.8, 4) is 5.75 Å². The lowest BCUT2D eigenvalue weighted by Crippen LogP contribution is -2.40. The highest BCUT2D eigenvalue weighted by atomic mass is 35.5. The molecular weight excluding hydrogens is 312 g/mol. The zero-order chi connectivity index (χ0) is 15.8. The summed E-state index contributed by atoms with van der Waals surface area (Å²) in [4.78, 5) is 14.5. The summed E-state index contributed by atoms with van der Waals surface area (Å²) < 4.78 is 5.64. The van der Waals surface area contributed by atoms with E-state index >= 15 is 0 Å². The number of ether oxygens (including phenoxy) is 1. The van der Waals surface area contributed by atoms with E-state index in [1.54, 1.807) is 0 Å². The maximum absolute atomic E-state index is 12.5. The Labute approximate surface area is 146 Å². The molecule has 0 radical (unpaired) electrons. The fraction of sp³-hybridized carbons (Fsp3) is 0.611. The third-order valence-electron chi connectivity index (χ3n) is 4.26. The van der Waals surface area contributed by atoms with Crippen molar-refractivity contribution in [1.82, 2.24) is 10.2 Å². The summed E-state index contributed by atoms with van der Waals surface area (Å²) in [7, 11) is 1.99. The molecule has 1 heterocycles. The summed E-state index contributed by atoms with van der Waals surface area (Å²) in [6.07, 6.45) is 4.36. The molecule has 1 aromatic rings. The minimum atomic E-state index is 0. The van der Waals surface area contributed by atoms with Gasteiger partial charge in [0.25, 0.3) is 5.91 Å². The summed E-state index contributed by atoms with van der Waals surface area (Å²) >= 11 is 0. The number of hydrogen-bond acceptors (Lipinski definition) is 3. The zero-order valence-electron chi connectivity index (χ0n) is 14.2. The van der Waals surface area contributed by atoms with E-state index < -0.39 is 0 Å². The van der Waals surface area contributed by atoms with E-state index in [0.717, 1.165) is 63.2 Å². The number of nitrogens with zero attached hydrogens (tertiary/aromatic N) is 1. The summed E-state index contributed by atoms with van der Waals surface area (Å²) in [5, 5.41) is 3.22. The van der Waals surface area contributed by atoms with E-state index in [-0.39, 0.29) is 18.3 Å². The second-order valence-electron chi connectivity index (χ2n) is 6.02. The topological polar surface area (TPSA) is 41.6 Å². The second-order valence-corrected chi connectivity index (χ2v) is 6.02. The number of unbranched alkanes of at least 4 members (excludes halogenated alkanes) is 1. The van der Waals surface area contributed by atoms with Crippen molar-refractivity contribution in [3.05, 3.63) is 29.8 Å². The predicted octanol–water partition coefficient (Wildman–Crippen LogP) is 3.36. The van der Waals surface area contributed by atoms with Crippen LogP contribution in [0.2, 0.25) is 0 Å². The molecular formula is C18H29ClN2O2. The van der Waals surface area contributed by atoms with E-state index in [0.29, 0.717) is 5.92 Å². The maximum Gasteiger partial charge on any atom is 0.253 e. The number of likely N-dealkylation sites (tertiary alicyclic amines) is 1. The Kier molecular flexibility index (Phi) is 9.03. The molecule has 1 fully saturated rings. The molecule has 1 aliphatic rings. The molecule has 0 saturated carbocycles. The Balaban J connectivity index is 0.00000264. The van der Waals surface area contributed by atoms with Crippen molar-refractivity contribution < 1.29 is 9.53 Å². The van der Waals surface area contributed by atoms with Gasteiger partial charge in [0.05, 0.1) is 6.61 Å². The molecule has 2 rings (SSSR count). The van der Waals surface area contributed by atoms with E-state index in [1.807, 2.05) is 36.2 Å². The third kappa shape index (κ3) is 6.04. The number of halogens is 1. The smallest absolute Gasteiger partial charge is 0.253 e. The van der Waals surface area contributed by atoms with Gasteiger partial charge in [0.2, 0.25) is 0 Å². The molecule has 0 atom stereocenters. The van der Waals surface area contributed by atoms with Gasteiger partial charge in [0, 0.05) is 18.7 Å². The van der Waals surface area contributed by atoms with Crippen LogP contribution in [0.5, 0.6) is 5.75 Å². The largest absolute Gasteiger partial charge is 0.494 e. The first kappa shape index (κ1) is 19.8. The molecule has 1 aliphatic heterocycles. The van der Waals surface area contributed by atoms with Crippen LogP contribution in [0.25, 0.3) is 0 Å². The molecule has 0 spiro atoms. The standard InChI is InChI=1S/C18H28N2O2.ClH/c1-3-4-13-22-17-7-5-16(6-8-17)18(21)20-11-9-15(10-12-20)14-19-2;/h5-8,15,19H,3-4,9-14H2,1-2H3;1H. The van der Waals surface area contributed by atoms with E-state index in [1.165, 1.54) is 0 Å². The van der Waals surface area contributed by atoms with Crippen molar-refractivity contribution in [2.75, 3.05) is 33.3 Å². The fourth-order valence-corrected chi connectivity index (χ4v) is 2.84. The second kappa shape index (κ2) is 10.5. The van der Waals surface area contributed by atoms with Crippen LogP contribution in [-0.4, -0.2) is 44.1 Å². The van der Waals surface area contributed by atoms with Crippen molar-refractivity contribution >= 4 is 18.3 Å². The van der Waals surface area contributed by atoms with Gasteiger partial charge in [-0.1, -0.05) is 13.3 Å². The average Bonchev–Trinajstić information content (AvgIpc) is 2.56. The third-order valence-corrected chi connectivity index (χ3v) is 4.26. The molecule has 0 aromatic heterocycles. The predicted molar refractivity (Wildman–Crippen MR) is 96.6 cm³/mol. The molecule has 130 valence electrons. The number of carbonyl (C=O) groups is 1. The lowest BCUT2D eigenvalue weighted by atomic mass is 9.96. The monoisotopic (exact) mass is 340 g/mol. The first-order valence-electron chi connectivity index (χ1n) is 8.41. The van der Waals surface area contributed by atoms with Crippen LogP contribution < -0.4 is 10.1 Å². The van der Waals surface area contributed by atoms with E-state index in [9.17, 15) is 4.79 Å². The highest BCUT2D eigenvalue weighted by Gasteiger charge is 2.23. The normalized spacial score (nSPS) is 15.1.